The lowest BCUT2D eigenvalue weighted by atomic mass is 10.0. The summed E-state index contributed by atoms with van der Waals surface area (Å²) in [6.07, 6.45) is 0. The van der Waals surface area contributed by atoms with E-state index in [-0.39, 0.29) is 5.91 Å². The number of fused-ring (bicyclic) bond motifs is 1. The Morgan fingerprint density at radius 3 is 2.45 bits per heavy atom. The predicted molar refractivity (Wildman–Crippen MR) is 122 cm³/mol. The van der Waals surface area contributed by atoms with E-state index in [1.165, 1.54) is 11.5 Å². The van der Waals surface area contributed by atoms with Gasteiger partial charge in [0.25, 0.3) is 5.91 Å². The lowest BCUT2D eigenvalue weighted by Gasteiger charge is -2.10. The van der Waals surface area contributed by atoms with E-state index >= 15 is 0 Å². The SMILES string of the molecule is Cc1nn(C)c2nc(-c3ccccc3)cc(C(=O)Nc3ccc(-c4csnn4)cc3)c12. The Bertz CT molecular complexity index is 1380. The fourth-order valence-electron chi connectivity index (χ4n) is 3.59. The van der Waals surface area contributed by atoms with Gasteiger partial charge in [-0.05, 0) is 36.7 Å². The van der Waals surface area contributed by atoms with Crippen molar-refractivity contribution in [1.29, 1.82) is 0 Å². The summed E-state index contributed by atoms with van der Waals surface area (Å²) in [6.45, 7) is 1.89. The highest BCUT2D eigenvalue weighted by molar-refractivity contribution is 7.03. The van der Waals surface area contributed by atoms with Gasteiger partial charge in [-0.1, -0.05) is 47.0 Å². The summed E-state index contributed by atoms with van der Waals surface area (Å²) in [5, 5.41) is 14.2. The quantitative estimate of drug-likeness (QED) is 0.450. The molecular formula is C23H18N6OS. The summed E-state index contributed by atoms with van der Waals surface area (Å²) in [6, 6.07) is 19.2. The number of pyridine rings is 1. The summed E-state index contributed by atoms with van der Waals surface area (Å²) in [4.78, 5) is 18.1. The molecule has 3 heterocycles. The molecular weight excluding hydrogens is 408 g/mol. The Kier molecular flexibility index (Phi) is 4.76. The molecule has 2 aromatic carbocycles. The zero-order chi connectivity index (χ0) is 21.4. The van der Waals surface area contributed by atoms with E-state index in [1.807, 2.05) is 80.0 Å². The van der Waals surface area contributed by atoms with Crippen molar-refractivity contribution in [3.63, 3.8) is 0 Å². The Labute approximate surface area is 182 Å². The molecule has 0 saturated heterocycles. The van der Waals surface area contributed by atoms with Crippen LogP contribution in [0.2, 0.25) is 0 Å². The maximum absolute atomic E-state index is 13.3. The molecule has 0 saturated carbocycles. The highest BCUT2D eigenvalue weighted by Crippen LogP contribution is 2.28. The number of amides is 1. The Morgan fingerprint density at radius 2 is 1.74 bits per heavy atom. The van der Waals surface area contributed by atoms with Gasteiger partial charge in [0.05, 0.1) is 22.3 Å². The zero-order valence-electron chi connectivity index (χ0n) is 16.9. The van der Waals surface area contributed by atoms with Crippen molar-refractivity contribution in [2.45, 2.75) is 6.92 Å². The summed E-state index contributed by atoms with van der Waals surface area (Å²) >= 11 is 1.31. The van der Waals surface area contributed by atoms with Crippen molar-refractivity contribution in [2.75, 3.05) is 5.32 Å². The van der Waals surface area contributed by atoms with E-state index in [9.17, 15) is 4.79 Å². The van der Waals surface area contributed by atoms with Crippen LogP contribution in [-0.4, -0.2) is 30.3 Å². The smallest absolute Gasteiger partial charge is 0.256 e. The molecule has 3 aromatic heterocycles. The molecule has 1 N–H and O–H groups in total. The maximum Gasteiger partial charge on any atom is 0.256 e. The number of rotatable bonds is 4. The van der Waals surface area contributed by atoms with Gasteiger partial charge in [-0.2, -0.15) is 5.10 Å². The minimum absolute atomic E-state index is 0.205. The number of benzene rings is 2. The van der Waals surface area contributed by atoms with Crippen LogP contribution in [0, 0.1) is 6.92 Å². The molecule has 8 heteroatoms. The third-order valence-corrected chi connectivity index (χ3v) is 5.59. The predicted octanol–water partition coefficient (Wildman–Crippen LogP) is 4.71. The average molecular weight is 427 g/mol. The van der Waals surface area contributed by atoms with Gasteiger partial charge in [0.1, 0.15) is 5.69 Å². The number of carbonyl (C=O) groups excluding carboxylic acids is 1. The van der Waals surface area contributed by atoms with Gasteiger partial charge < -0.3 is 5.32 Å². The molecule has 152 valence electrons. The molecule has 0 spiro atoms. The molecule has 5 rings (SSSR count). The monoisotopic (exact) mass is 426 g/mol. The summed E-state index contributed by atoms with van der Waals surface area (Å²) in [7, 11) is 1.84. The van der Waals surface area contributed by atoms with E-state index in [0.29, 0.717) is 16.9 Å². The summed E-state index contributed by atoms with van der Waals surface area (Å²) in [5.74, 6) is -0.205. The largest absolute Gasteiger partial charge is 0.322 e. The van der Waals surface area contributed by atoms with E-state index in [2.05, 4.69) is 20.0 Å². The fourth-order valence-corrected chi connectivity index (χ4v) is 4.06. The Balaban J connectivity index is 1.53. The first kappa shape index (κ1) is 19.1. The van der Waals surface area contributed by atoms with Crippen molar-refractivity contribution in [3.05, 3.63) is 77.3 Å². The van der Waals surface area contributed by atoms with E-state index in [1.54, 1.807) is 4.68 Å². The zero-order valence-corrected chi connectivity index (χ0v) is 17.7. The molecule has 5 aromatic rings. The molecule has 7 nitrogen and oxygen atoms in total. The number of aryl methyl sites for hydroxylation is 2. The number of carbonyl (C=O) groups is 1. The van der Waals surface area contributed by atoms with Gasteiger partial charge in [-0.25, -0.2) is 4.98 Å². The Morgan fingerprint density at radius 1 is 1.00 bits per heavy atom. The lowest BCUT2D eigenvalue weighted by Crippen LogP contribution is -2.13. The normalized spacial score (nSPS) is 11.0. The van der Waals surface area contributed by atoms with Crippen LogP contribution >= 0.6 is 11.5 Å². The highest BCUT2D eigenvalue weighted by atomic mass is 32.1. The first-order valence-electron chi connectivity index (χ1n) is 9.69. The molecule has 0 atom stereocenters. The summed E-state index contributed by atoms with van der Waals surface area (Å²) < 4.78 is 5.60. The second kappa shape index (κ2) is 7.73. The van der Waals surface area contributed by atoms with Crippen LogP contribution in [0.15, 0.2) is 66.0 Å². The summed E-state index contributed by atoms with van der Waals surface area (Å²) in [5.41, 5.74) is 6.12. The lowest BCUT2D eigenvalue weighted by molar-refractivity contribution is 0.102. The van der Waals surface area contributed by atoms with Crippen LogP contribution in [0.25, 0.3) is 33.5 Å². The van der Waals surface area contributed by atoms with Gasteiger partial charge in [0, 0.05) is 29.2 Å². The molecule has 0 radical (unpaired) electrons. The minimum atomic E-state index is -0.205. The van der Waals surface area contributed by atoms with Crippen LogP contribution in [-0.2, 0) is 7.05 Å². The molecule has 31 heavy (non-hydrogen) atoms. The number of nitrogens with zero attached hydrogens (tertiary/aromatic N) is 5. The fraction of sp³-hybridized carbons (Fsp3) is 0.0870. The molecule has 1 amide bonds. The van der Waals surface area contributed by atoms with Crippen molar-refractivity contribution in [2.24, 2.45) is 7.05 Å². The van der Waals surface area contributed by atoms with E-state index in [0.717, 1.165) is 33.6 Å². The van der Waals surface area contributed by atoms with Gasteiger partial charge in [0.2, 0.25) is 0 Å². The topological polar surface area (TPSA) is 85.6 Å². The first-order chi connectivity index (χ1) is 15.1. The van der Waals surface area contributed by atoms with Crippen LogP contribution in [0.4, 0.5) is 5.69 Å². The number of aromatic nitrogens is 5. The number of hydrogen-bond acceptors (Lipinski definition) is 6. The van der Waals surface area contributed by atoms with Crippen molar-refractivity contribution < 1.29 is 4.79 Å². The second-order valence-corrected chi connectivity index (χ2v) is 7.76. The number of nitrogens with one attached hydrogen (secondary N) is 1. The van der Waals surface area contributed by atoms with Crippen molar-refractivity contribution >= 4 is 34.2 Å². The van der Waals surface area contributed by atoms with Crippen LogP contribution < -0.4 is 5.32 Å². The van der Waals surface area contributed by atoms with Crippen LogP contribution in [0.1, 0.15) is 16.1 Å². The van der Waals surface area contributed by atoms with E-state index < -0.39 is 0 Å². The van der Waals surface area contributed by atoms with Crippen molar-refractivity contribution in [1.82, 2.24) is 24.4 Å². The third-order valence-electron chi connectivity index (χ3n) is 5.08. The molecule has 0 bridgehead atoms. The molecule has 0 unspecified atom stereocenters. The second-order valence-electron chi connectivity index (χ2n) is 7.15. The highest BCUT2D eigenvalue weighted by Gasteiger charge is 2.19. The minimum Gasteiger partial charge on any atom is -0.322 e. The molecule has 0 fully saturated rings. The van der Waals surface area contributed by atoms with Gasteiger partial charge >= 0.3 is 0 Å². The van der Waals surface area contributed by atoms with Gasteiger partial charge in [-0.15, -0.1) is 5.10 Å². The Hall–Kier alpha value is -3.91. The van der Waals surface area contributed by atoms with Gasteiger partial charge in [0.15, 0.2) is 5.65 Å². The van der Waals surface area contributed by atoms with Crippen LogP contribution in [0.3, 0.4) is 0 Å². The van der Waals surface area contributed by atoms with E-state index in [4.69, 9.17) is 4.98 Å². The molecule has 0 aliphatic carbocycles. The average Bonchev–Trinajstić information content (AvgIpc) is 3.43. The standard InChI is InChI=1S/C23H18N6OS/c1-14-21-18(12-19(15-6-4-3-5-7-15)25-22(21)29(2)27-14)23(30)24-17-10-8-16(9-11-17)20-13-31-28-26-20/h3-13H,1-2H3,(H,24,30). The maximum atomic E-state index is 13.3. The number of anilines is 1. The van der Waals surface area contributed by atoms with Gasteiger partial charge in [-0.3, -0.25) is 9.48 Å². The molecule has 0 aliphatic heterocycles. The third kappa shape index (κ3) is 3.57. The van der Waals surface area contributed by atoms with Crippen LogP contribution in [0.5, 0.6) is 0 Å². The number of hydrogen-bond donors (Lipinski definition) is 1. The van der Waals surface area contributed by atoms with Crippen molar-refractivity contribution in [3.8, 4) is 22.5 Å². The first-order valence-corrected chi connectivity index (χ1v) is 10.5. The molecule has 0 aliphatic rings.